The van der Waals surface area contributed by atoms with E-state index >= 15 is 0 Å². The molecule has 1 unspecified atom stereocenters. The van der Waals surface area contributed by atoms with Crippen molar-refractivity contribution in [1.82, 2.24) is 4.90 Å². The van der Waals surface area contributed by atoms with E-state index in [1.165, 1.54) is 9.91 Å². The molecule has 7 heteroatoms. The van der Waals surface area contributed by atoms with Crippen molar-refractivity contribution in [3.8, 4) is 0 Å². The van der Waals surface area contributed by atoms with Crippen LogP contribution in [-0.2, 0) is 9.59 Å². The van der Waals surface area contributed by atoms with Crippen molar-refractivity contribution in [1.29, 1.82) is 0 Å². The smallest absolute Gasteiger partial charge is 0.270 e. The third kappa shape index (κ3) is 3.25. The molecule has 0 fully saturated rings. The average molecular weight is 304 g/mol. The summed E-state index contributed by atoms with van der Waals surface area (Å²) in [4.78, 5) is 25.6. The van der Waals surface area contributed by atoms with E-state index in [2.05, 4.69) is 5.10 Å². The topological polar surface area (TPSA) is 99.2 Å². The van der Waals surface area contributed by atoms with Crippen LogP contribution in [0.1, 0.15) is 13.3 Å². The monoisotopic (exact) mass is 304 g/mol. The molecule has 22 heavy (non-hydrogen) atoms. The number of para-hydroxylation sites is 1. The number of hydrogen-bond acceptors (Lipinski definition) is 5. The first kappa shape index (κ1) is 16.0. The summed E-state index contributed by atoms with van der Waals surface area (Å²) < 4.78 is 0. The Kier molecular flexibility index (Phi) is 5.11. The summed E-state index contributed by atoms with van der Waals surface area (Å²) in [6.45, 7) is 2.41. The zero-order valence-corrected chi connectivity index (χ0v) is 12.5. The molecule has 0 aliphatic carbocycles. The lowest BCUT2D eigenvalue weighted by Gasteiger charge is -2.20. The zero-order valence-electron chi connectivity index (χ0n) is 12.5. The molecule has 118 valence electrons. The van der Waals surface area contributed by atoms with Crippen LogP contribution < -0.4 is 10.7 Å². The van der Waals surface area contributed by atoms with E-state index in [1.54, 1.807) is 12.1 Å². The van der Waals surface area contributed by atoms with Gasteiger partial charge in [-0.05, 0) is 19.1 Å². The van der Waals surface area contributed by atoms with Crippen molar-refractivity contribution >= 4 is 23.2 Å². The number of hydrazone groups is 1. The lowest BCUT2D eigenvalue weighted by Crippen LogP contribution is -2.41. The van der Waals surface area contributed by atoms with Crippen LogP contribution in [0.3, 0.4) is 0 Å². The van der Waals surface area contributed by atoms with Gasteiger partial charge >= 0.3 is 0 Å². The standard InChI is InChI=1S/C15H20N4O3/c1-2-18(8-9-20)15(22)12-10-13(14(16)21)19(17-12)11-6-4-3-5-7-11/h3-7,13,20H,2,8-10H2,1H3,(H2,16,21). The van der Waals surface area contributed by atoms with E-state index in [-0.39, 0.29) is 31.2 Å². The van der Waals surface area contributed by atoms with Crippen LogP contribution >= 0.6 is 0 Å². The Labute approximate surface area is 129 Å². The Hall–Kier alpha value is -2.41. The number of benzene rings is 1. The van der Waals surface area contributed by atoms with Crippen molar-refractivity contribution in [3.63, 3.8) is 0 Å². The second kappa shape index (κ2) is 7.04. The third-order valence-corrected chi connectivity index (χ3v) is 3.55. The van der Waals surface area contributed by atoms with E-state index in [0.29, 0.717) is 12.2 Å². The number of nitrogens with zero attached hydrogens (tertiary/aromatic N) is 3. The van der Waals surface area contributed by atoms with Crippen LogP contribution in [0.2, 0.25) is 0 Å². The van der Waals surface area contributed by atoms with Gasteiger partial charge in [0.25, 0.3) is 5.91 Å². The SMILES string of the molecule is CCN(CCO)C(=O)C1=NN(c2ccccc2)C(C(N)=O)C1. The fraction of sp³-hybridized carbons (Fsp3) is 0.400. The van der Waals surface area contributed by atoms with Gasteiger partial charge < -0.3 is 15.7 Å². The Morgan fingerprint density at radius 2 is 2.09 bits per heavy atom. The molecule has 1 aromatic carbocycles. The molecule has 1 aromatic rings. The second-order valence-electron chi connectivity index (χ2n) is 4.96. The number of hydrogen-bond donors (Lipinski definition) is 2. The number of carbonyl (C=O) groups is 2. The molecule has 3 N–H and O–H groups in total. The first-order valence-corrected chi connectivity index (χ1v) is 7.19. The second-order valence-corrected chi connectivity index (χ2v) is 4.96. The minimum atomic E-state index is -0.672. The van der Waals surface area contributed by atoms with Crippen molar-refractivity contribution < 1.29 is 14.7 Å². The molecule has 2 amide bonds. The Morgan fingerprint density at radius 3 is 2.64 bits per heavy atom. The highest BCUT2D eigenvalue weighted by molar-refractivity contribution is 6.40. The van der Waals surface area contributed by atoms with Crippen LogP contribution in [0.25, 0.3) is 0 Å². The molecule has 2 rings (SSSR count). The van der Waals surface area contributed by atoms with Crippen LogP contribution in [0.15, 0.2) is 35.4 Å². The van der Waals surface area contributed by atoms with Gasteiger partial charge in [0.2, 0.25) is 5.91 Å². The van der Waals surface area contributed by atoms with Gasteiger partial charge in [-0.15, -0.1) is 0 Å². The molecule has 1 aliphatic rings. The van der Waals surface area contributed by atoms with Crippen molar-refractivity contribution in [3.05, 3.63) is 30.3 Å². The number of amides is 2. The van der Waals surface area contributed by atoms with Gasteiger partial charge in [0.05, 0.1) is 12.3 Å². The summed E-state index contributed by atoms with van der Waals surface area (Å²) in [5.74, 6) is -0.804. The molecule has 0 saturated heterocycles. The van der Waals surface area contributed by atoms with Gasteiger partial charge in [-0.1, -0.05) is 18.2 Å². The van der Waals surface area contributed by atoms with Crippen molar-refractivity contribution in [2.45, 2.75) is 19.4 Å². The van der Waals surface area contributed by atoms with Gasteiger partial charge in [0.1, 0.15) is 11.8 Å². The molecular weight excluding hydrogens is 284 g/mol. The molecule has 1 atom stereocenters. The molecule has 0 saturated carbocycles. The average Bonchev–Trinajstić information content (AvgIpc) is 2.98. The summed E-state index contributed by atoms with van der Waals surface area (Å²) in [7, 11) is 0. The number of aliphatic hydroxyl groups is 1. The molecule has 1 aliphatic heterocycles. The van der Waals surface area contributed by atoms with E-state index in [9.17, 15) is 9.59 Å². The first-order chi connectivity index (χ1) is 10.6. The Balaban J connectivity index is 2.26. The molecule has 0 aromatic heterocycles. The minimum absolute atomic E-state index is 0.117. The summed E-state index contributed by atoms with van der Waals surface area (Å²) in [6.07, 6.45) is 0.172. The summed E-state index contributed by atoms with van der Waals surface area (Å²) in [5, 5.41) is 14.8. The molecule has 0 radical (unpaired) electrons. The Bertz CT molecular complexity index is 573. The van der Waals surface area contributed by atoms with Gasteiger partial charge in [0, 0.05) is 19.5 Å². The molecule has 0 spiro atoms. The van der Waals surface area contributed by atoms with E-state index in [0.717, 1.165) is 0 Å². The summed E-state index contributed by atoms with van der Waals surface area (Å²) >= 11 is 0. The maximum atomic E-state index is 12.4. The molecule has 7 nitrogen and oxygen atoms in total. The summed E-state index contributed by atoms with van der Waals surface area (Å²) in [5.41, 5.74) is 6.42. The maximum absolute atomic E-state index is 12.4. The lowest BCUT2D eigenvalue weighted by molar-refractivity contribution is -0.124. The quantitative estimate of drug-likeness (QED) is 0.769. The van der Waals surface area contributed by atoms with Crippen LogP contribution in [0, 0.1) is 0 Å². The van der Waals surface area contributed by atoms with E-state index in [4.69, 9.17) is 10.8 Å². The minimum Gasteiger partial charge on any atom is -0.395 e. The van der Waals surface area contributed by atoms with Crippen molar-refractivity contribution in [2.75, 3.05) is 24.7 Å². The van der Waals surface area contributed by atoms with Crippen molar-refractivity contribution in [2.24, 2.45) is 10.8 Å². The zero-order chi connectivity index (χ0) is 16.1. The number of likely N-dealkylation sites (N-methyl/N-ethyl adjacent to an activating group) is 1. The van der Waals surface area contributed by atoms with Crippen LogP contribution in [0.5, 0.6) is 0 Å². The van der Waals surface area contributed by atoms with Gasteiger partial charge in [-0.2, -0.15) is 5.10 Å². The van der Waals surface area contributed by atoms with E-state index < -0.39 is 11.9 Å². The fourth-order valence-corrected chi connectivity index (χ4v) is 2.39. The van der Waals surface area contributed by atoms with Gasteiger partial charge in [-0.25, -0.2) is 0 Å². The summed E-state index contributed by atoms with van der Waals surface area (Å²) in [6, 6.07) is 8.44. The van der Waals surface area contributed by atoms with Crippen LogP contribution in [0.4, 0.5) is 5.69 Å². The van der Waals surface area contributed by atoms with Gasteiger partial charge in [0.15, 0.2) is 0 Å². The number of carbonyl (C=O) groups excluding carboxylic acids is 2. The number of primary amides is 1. The number of aliphatic hydroxyl groups excluding tert-OH is 1. The highest BCUT2D eigenvalue weighted by Crippen LogP contribution is 2.24. The molecular formula is C15H20N4O3. The number of anilines is 1. The predicted molar refractivity (Wildman–Crippen MR) is 83.3 cm³/mol. The number of nitrogens with two attached hydrogens (primary N) is 1. The largest absolute Gasteiger partial charge is 0.395 e. The molecule has 1 heterocycles. The van der Waals surface area contributed by atoms with Crippen LogP contribution in [-0.4, -0.2) is 53.3 Å². The fourth-order valence-electron chi connectivity index (χ4n) is 2.39. The lowest BCUT2D eigenvalue weighted by atomic mass is 10.1. The maximum Gasteiger partial charge on any atom is 0.270 e. The highest BCUT2D eigenvalue weighted by Gasteiger charge is 2.36. The normalized spacial score (nSPS) is 17.3. The van der Waals surface area contributed by atoms with E-state index in [1.807, 2.05) is 25.1 Å². The van der Waals surface area contributed by atoms with Gasteiger partial charge in [-0.3, -0.25) is 14.6 Å². The molecule has 0 bridgehead atoms. The third-order valence-electron chi connectivity index (χ3n) is 3.55. The number of rotatable bonds is 6. The Morgan fingerprint density at radius 1 is 1.41 bits per heavy atom. The first-order valence-electron chi connectivity index (χ1n) is 7.19. The predicted octanol–water partition coefficient (Wildman–Crippen LogP) is -0.0526. The highest BCUT2D eigenvalue weighted by atomic mass is 16.3.